The molecule has 1 aromatic heterocycles. The predicted molar refractivity (Wildman–Crippen MR) is 117 cm³/mol. The fourth-order valence-corrected chi connectivity index (χ4v) is 6.01. The van der Waals surface area contributed by atoms with E-state index in [2.05, 4.69) is 9.88 Å². The molecule has 0 N–H and O–H groups in total. The molecule has 1 fully saturated rings. The molecule has 2 aliphatic rings. The third kappa shape index (κ3) is 4.04. The molecule has 0 spiro atoms. The topological polar surface area (TPSA) is 72.0 Å². The number of morpholine rings is 1. The largest absolute Gasteiger partial charge is 0.492 e. The molecule has 7 nitrogen and oxygen atoms in total. The highest BCUT2D eigenvalue weighted by molar-refractivity contribution is 7.89. The van der Waals surface area contributed by atoms with Crippen molar-refractivity contribution in [2.24, 2.45) is 0 Å². The highest BCUT2D eigenvalue weighted by Crippen LogP contribution is 2.31. The van der Waals surface area contributed by atoms with Gasteiger partial charge in [0.25, 0.3) is 0 Å². The standard InChI is InChI=1S/C23H25N3O4S/c27-31(28,22-9-3-6-18-7-4-10-24-23(18)22)26-15-19-5-1-2-8-21(19)30-17-20(26)16-25-11-13-29-14-12-25/h1-10,20H,11-17H2. The molecule has 8 heteroatoms. The van der Waals surface area contributed by atoms with E-state index in [-0.39, 0.29) is 17.5 Å². The first-order valence-corrected chi connectivity index (χ1v) is 11.9. The summed E-state index contributed by atoms with van der Waals surface area (Å²) in [4.78, 5) is 6.87. The van der Waals surface area contributed by atoms with Crippen LogP contribution in [-0.2, 0) is 21.3 Å². The minimum absolute atomic E-state index is 0.233. The van der Waals surface area contributed by atoms with Gasteiger partial charge in [-0.15, -0.1) is 0 Å². The lowest BCUT2D eigenvalue weighted by atomic mass is 10.2. The number of fused-ring (bicyclic) bond motifs is 2. The zero-order valence-electron chi connectivity index (χ0n) is 17.2. The minimum Gasteiger partial charge on any atom is -0.492 e. The van der Waals surface area contributed by atoms with Gasteiger partial charge in [-0.1, -0.05) is 36.4 Å². The summed E-state index contributed by atoms with van der Waals surface area (Å²) in [6.45, 7) is 4.04. The summed E-state index contributed by atoms with van der Waals surface area (Å²) < 4.78 is 41.1. The van der Waals surface area contributed by atoms with Crippen LogP contribution in [0.25, 0.3) is 10.9 Å². The number of hydrogen-bond donors (Lipinski definition) is 0. The highest BCUT2D eigenvalue weighted by Gasteiger charge is 2.37. The van der Waals surface area contributed by atoms with Crippen LogP contribution in [0.15, 0.2) is 65.7 Å². The molecule has 2 aromatic carbocycles. The van der Waals surface area contributed by atoms with Gasteiger partial charge >= 0.3 is 0 Å². The number of ether oxygens (including phenoxy) is 2. The molecule has 3 heterocycles. The zero-order valence-corrected chi connectivity index (χ0v) is 18.0. The van der Waals surface area contributed by atoms with Crippen molar-refractivity contribution in [1.29, 1.82) is 0 Å². The molecule has 162 valence electrons. The van der Waals surface area contributed by atoms with Gasteiger partial charge in [0.05, 0.1) is 24.8 Å². The van der Waals surface area contributed by atoms with E-state index in [9.17, 15) is 8.42 Å². The van der Waals surface area contributed by atoms with E-state index in [0.29, 0.717) is 31.9 Å². The van der Waals surface area contributed by atoms with Crippen LogP contribution >= 0.6 is 0 Å². The Labute approximate surface area is 182 Å². The van der Waals surface area contributed by atoms with Gasteiger partial charge in [-0.25, -0.2) is 8.42 Å². The van der Waals surface area contributed by atoms with E-state index >= 15 is 0 Å². The highest BCUT2D eigenvalue weighted by atomic mass is 32.2. The average molecular weight is 440 g/mol. The lowest BCUT2D eigenvalue weighted by Gasteiger charge is -2.34. The second-order valence-electron chi connectivity index (χ2n) is 7.87. The third-order valence-electron chi connectivity index (χ3n) is 5.89. The van der Waals surface area contributed by atoms with Gasteiger partial charge in [-0.05, 0) is 18.2 Å². The molecule has 2 aliphatic heterocycles. The molecule has 0 saturated carbocycles. The first-order valence-electron chi connectivity index (χ1n) is 10.5. The molecule has 0 aliphatic carbocycles. The molecule has 0 amide bonds. The van der Waals surface area contributed by atoms with Gasteiger partial charge in [0.15, 0.2) is 0 Å². The molecular weight excluding hydrogens is 414 g/mol. The Morgan fingerprint density at radius 3 is 2.68 bits per heavy atom. The first-order chi connectivity index (χ1) is 15.1. The van der Waals surface area contributed by atoms with Crippen molar-refractivity contribution < 1.29 is 17.9 Å². The summed E-state index contributed by atoms with van der Waals surface area (Å²) >= 11 is 0. The van der Waals surface area contributed by atoms with Crippen molar-refractivity contribution in [1.82, 2.24) is 14.2 Å². The molecule has 5 rings (SSSR count). The van der Waals surface area contributed by atoms with Crippen LogP contribution in [-0.4, -0.2) is 68.1 Å². The second-order valence-corrected chi connectivity index (χ2v) is 9.73. The van der Waals surface area contributed by atoms with E-state index in [1.165, 1.54) is 0 Å². The summed E-state index contributed by atoms with van der Waals surface area (Å²) in [5.74, 6) is 0.739. The van der Waals surface area contributed by atoms with Gasteiger partial charge in [0.1, 0.15) is 17.3 Å². The van der Waals surface area contributed by atoms with Crippen molar-refractivity contribution in [3.05, 3.63) is 66.4 Å². The molecule has 31 heavy (non-hydrogen) atoms. The summed E-state index contributed by atoms with van der Waals surface area (Å²) in [6.07, 6.45) is 1.63. The van der Waals surface area contributed by atoms with Gasteiger partial charge in [-0.2, -0.15) is 4.31 Å². The number of nitrogens with zero attached hydrogens (tertiary/aromatic N) is 3. The zero-order chi connectivity index (χ0) is 21.3. The normalized spacial score (nSPS) is 20.7. The molecular formula is C23H25N3O4S. The molecule has 1 atom stereocenters. The lowest BCUT2D eigenvalue weighted by Crippen LogP contribution is -2.50. The Morgan fingerprint density at radius 1 is 1.00 bits per heavy atom. The van der Waals surface area contributed by atoms with Crippen LogP contribution in [0, 0.1) is 0 Å². The van der Waals surface area contributed by atoms with Gasteiger partial charge in [0.2, 0.25) is 10.0 Å². The van der Waals surface area contributed by atoms with Crippen LogP contribution in [0.4, 0.5) is 0 Å². The number of para-hydroxylation sites is 2. The van der Waals surface area contributed by atoms with Gasteiger partial charge < -0.3 is 9.47 Å². The Hall–Kier alpha value is -2.52. The summed E-state index contributed by atoms with van der Waals surface area (Å²) in [6, 6.07) is 16.3. The Morgan fingerprint density at radius 2 is 1.81 bits per heavy atom. The van der Waals surface area contributed by atoms with Crippen molar-refractivity contribution >= 4 is 20.9 Å². The maximum atomic E-state index is 14.0. The van der Waals surface area contributed by atoms with E-state index < -0.39 is 10.0 Å². The van der Waals surface area contributed by atoms with Crippen molar-refractivity contribution in [2.75, 3.05) is 39.5 Å². The number of rotatable bonds is 4. The van der Waals surface area contributed by atoms with Crippen LogP contribution < -0.4 is 4.74 Å². The average Bonchev–Trinajstić information content (AvgIpc) is 2.99. The third-order valence-corrected chi connectivity index (χ3v) is 7.82. The molecule has 0 radical (unpaired) electrons. The van der Waals surface area contributed by atoms with E-state index in [4.69, 9.17) is 9.47 Å². The molecule has 3 aromatic rings. The second kappa shape index (κ2) is 8.55. The summed E-state index contributed by atoms with van der Waals surface area (Å²) in [5.41, 5.74) is 1.36. The number of sulfonamides is 1. The van der Waals surface area contributed by atoms with Gasteiger partial charge in [0, 0.05) is 43.3 Å². The van der Waals surface area contributed by atoms with Gasteiger partial charge in [-0.3, -0.25) is 9.88 Å². The smallest absolute Gasteiger partial charge is 0.245 e. The van der Waals surface area contributed by atoms with Crippen molar-refractivity contribution in [3.8, 4) is 5.75 Å². The fraction of sp³-hybridized carbons (Fsp3) is 0.348. The number of aromatic nitrogens is 1. The Balaban J connectivity index is 1.57. The quantitative estimate of drug-likeness (QED) is 0.622. The summed E-state index contributed by atoms with van der Waals surface area (Å²) in [7, 11) is -3.82. The minimum atomic E-state index is -3.82. The monoisotopic (exact) mass is 439 g/mol. The van der Waals surface area contributed by atoms with Crippen LogP contribution in [0.5, 0.6) is 5.75 Å². The lowest BCUT2D eigenvalue weighted by molar-refractivity contribution is 0.0254. The number of benzene rings is 2. The van der Waals surface area contributed by atoms with Crippen molar-refractivity contribution in [2.45, 2.75) is 17.5 Å². The maximum Gasteiger partial charge on any atom is 0.245 e. The Kier molecular flexibility index (Phi) is 5.62. The first kappa shape index (κ1) is 20.4. The van der Waals surface area contributed by atoms with Crippen LogP contribution in [0.1, 0.15) is 5.56 Å². The van der Waals surface area contributed by atoms with Crippen LogP contribution in [0.3, 0.4) is 0 Å². The SMILES string of the molecule is O=S(=O)(c1cccc2cccnc12)N1Cc2ccccc2OCC1CN1CCOCC1. The van der Waals surface area contributed by atoms with E-state index in [0.717, 1.165) is 29.8 Å². The van der Waals surface area contributed by atoms with E-state index in [1.807, 2.05) is 42.5 Å². The fourth-order valence-electron chi connectivity index (χ4n) is 4.26. The molecule has 1 saturated heterocycles. The van der Waals surface area contributed by atoms with Crippen molar-refractivity contribution in [3.63, 3.8) is 0 Å². The summed E-state index contributed by atoms with van der Waals surface area (Å²) in [5, 5.41) is 0.805. The van der Waals surface area contributed by atoms with E-state index in [1.54, 1.807) is 22.6 Å². The number of hydrogen-bond acceptors (Lipinski definition) is 6. The Bertz CT molecular complexity index is 1170. The molecule has 0 bridgehead atoms. The molecule has 1 unspecified atom stereocenters. The number of pyridine rings is 1. The predicted octanol–water partition coefficient (Wildman–Crippen LogP) is 2.52. The maximum absolute atomic E-state index is 14.0. The van der Waals surface area contributed by atoms with Crippen LogP contribution in [0.2, 0.25) is 0 Å².